The van der Waals surface area contributed by atoms with Crippen LogP contribution in [0.4, 0.5) is 11.4 Å². The molecule has 0 aliphatic heterocycles. The Hall–Kier alpha value is -1.43. The van der Waals surface area contributed by atoms with Crippen LogP contribution in [0.25, 0.3) is 0 Å². The molecule has 0 amide bonds. The Morgan fingerprint density at radius 1 is 0.789 bits per heavy atom. The summed E-state index contributed by atoms with van der Waals surface area (Å²) < 4.78 is 3.22. The quantitative estimate of drug-likeness (QED) is 0.563. The summed E-state index contributed by atoms with van der Waals surface area (Å²) >= 11 is 0. The van der Waals surface area contributed by atoms with E-state index in [0.29, 0.717) is 0 Å². The number of anilines is 2. The first-order valence-corrected chi connectivity index (χ1v) is 6.67. The number of hydrogen-bond donors (Lipinski definition) is 2. The van der Waals surface area contributed by atoms with Crippen molar-refractivity contribution < 1.29 is 0 Å². The molecule has 0 bridgehead atoms. The minimum absolute atomic E-state index is 0.829. The van der Waals surface area contributed by atoms with E-state index in [2.05, 4.69) is 22.9 Å². The van der Waals surface area contributed by atoms with Gasteiger partial charge in [0.25, 0.3) is 0 Å². The van der Waals surface area contributed by atoms with Gasteiger partial charge >= 0.3 is 0 Å². The highest BCUT2D eigenvalue weighted by Gasteiger charge is 1.80. The lowest BCUT2D eigenvalue weighted by Gasteiger charge is -1.90. The maximum atomic E-state index is 5.43. The molecular weight excluding hydrogens is 272 g/mol. The summed E-state index contributed by atoms with van der Waals surface area (Å²) in [4.78, 5) is 0. The first-order valence-electron chi connectivity index (χ1n) is 5.70. The molecule has 2 aromatic rings. The second-order valence-electron chi connectivity index (χ2n) is 3.95. The van der Waals surface area contributed by atoms with E-state index in [1.807, 2.05) is 62.4 Å². The van der Waals surface area contributed by atoms with E-state index >= 15 is 0 Å². The van der Waals surface area contributed by atoms with Crippen LogP contribution in [0.15, 0.2) is 53.0 Å². The van der Waals surface area contributed by atoms with Crippen molar-refractivity contribution in [1.82, 2.24) is 0 Å². The van der Waals surface area contributed by atoms with Crippen molar-refractivity contribution in [3.63, 3.8) is 0 Å². The van der Waals surface area contributed by atoms with Crippen molar-refractivity contribution in [2.24, 2.45) is 4.52 Å². The van der Waals surface area contributed by atoms with Gasteiger partial charge in [-0.15, -0.1) is 0 Å². The molecule has 102 valence electrons. The van der Waals surface area contributed by atoms with Gasteiger partial charge in [-0.2, -0.15) is 0 Å². The summed E-state index contributed by atoms with van der Waals surface area (Å²) in [5.74, 6) is 0. The summed E-state index contributed by atoms with van der Waals surface area (Å²) in [6.07, 6.45) is 0. The standard InChI is InChI=1S/2C7H9N.H3NP2/c2*1-6-2-4-7(8)5-3-6;2-1-3/h2*2-5H,8H2,1H3;2H,3H2. The average Bonchev–Trinajstić information content (AvgIpc) is 2.38. The molecule has 0 saturated heterocycles. The number of hydrogen-bond acceptors (Lipinski definition) is 3. The highest BCUT2D eigenvalue weighted by atomic mass is 31.1. The molecule has 2 aromatic carbocycles. The average molecular weight is 293 g/mol. The van der Waals surface area contributed by atoms with Crippen molar-refractivity contribution in [3.05, 3.63) is 59.7 Å². The van der Waals surface area contributed by atoms with Crippen LogP contribution >= 0.6 is 18.4 Å². The molecule has 0 aromatic heterocycles. The Bertz CT molecular complexity index is 382. The highest BCUT2D eigenvalue weighted by Crippen LogP contribution is 2.02. The van der Waals surface area contributed by atoms with Gasteiger partial charge in [-0.1, -0.05) is 35.4 Å². The molecule has 0 radical (unpaired) electrons. The SMILES string of the molecule is Cc1ccc(N)cc1.Cc1ccc(N)cc1.P=NP. The van der Waals surface area contributed by atoms with E-state index in [0.717, 1.165) is 11.4 Å². The third-order valence-corrected chi connectivity index (χ3v) is 2.15. The lowest BCUT2D eigenvalue weighted by Crippen LogP contribution is -1.81. The number of aryl methyl sites for hydroxylation is 2. The predicted octanol–water partition coefficient (Wildman–Crippen LogP) is 4.26. The Kier molecular flexibility index (Phi) is 9.70. The van der Waals surface area contributed by atoms with Gasteiger partial charge in [0.2, 0.25) is 0 Å². The highest BCUT2D eigenvalue weighted by molar-refractivity contribution is 7.23. The van der Waals surface area contributed by atoms with Crippen molar-refractivity contribution >= 4 is 29.8 Å². The number of nitrogens with two attached hydrogens (primary N) is 2. The summed E-state index contributed by atoms with van der Waals surface area (Å²) in [6.45, 7) is 4.08. The lowest BCUT2D eigenvalue weighted by molar-refractivity contribution is 1.47. The normalized spacial score (nSPS) is 8.37. The molecule has 0 aliphatic carbocycles. The van der Waals surface area contributed by atoms with Crippen LogP contribution in [0, 0.1) is 13.8 Å². The number of rotatable bonds is 0. The first kappa shape index (κ1) is 17.6. The molecule has 2 rings (SSSR count). The molecule has 1 atom stereocenters. The molecule has 0 saturated carbocycles. The molecule has 0 fully saturated rings. The largest absolute Gasteiger partial charge is 0.399 e. The zero-order valence-electron chi connectivity index (χ0n) is 11.3. The van der Waals surface area contributed by atoms with E-state index in [1.165, 1.54) is 11.1 Å². The van der Waals surface area contributed by atoms with Crippen LogP contribution in [-0.4, -0.2) is 0 Å². The van der Waals surface area contributed by atoms with Crippen LogP contribution in [0.5, 0.6) is 0 Å². The topological polar surface area (TPSA) is 64.4 Å². The number of nitrogens with zero attached hydrogens (tertiary/aromatic N) is 1. The maximum Gasteiger partial charge on any atom is 0.0314 e. The zero-order chi connectivity index (χ0) is 14.7. The Morgan fingerprint density at radius 2 is 1.00 bits per heavy atom. The van der Waals surface area contributed by atoms with Gasteiger partial charge in [0, 0.05) is 11.4 Å². The van der Waals surface area contributed by atoms with Crippen LogP contribution < -0.4 is 11.5 Å². The summed E-state index contributed by atoms with van der Waals surface area (Å²) in [7, 11) is 4.89. The summed E-state index contributed by atoms with van der Waals surface area (Å²) in [5, 5.41) is 0. The van der Waals surface area contributed by atoms with E-state index in [9.17, 15) is 0 Å². The maximum absolute atomic E-state index is 5.43. The van der Waals surface area contributed by atoms with Crippen LogP contribution in [0.2, 0.25) is 0 Å². The van der Waals surface area contributed by atoms with Crippen LogP contribution in [0.1, 0.15) is 11.1 Å². The summed E-state index contributed by atoms with van der Waals surface area (Å²) in [5.41, 5.74) is 15.0. The lowest BCUT2D eigenvalue weighted by atomic mass is 10.2. The van der Waals surface area contributed by atoms with Crippen LogP contribution in [0.3, 0.4) is 0 Å². The van der Waals surface area contributed by atoms with Crippen molar-refractivity contribution in [2.45, 2.75) is 13.8 Å². The van der Waals surface area contributed by atoms with Gasteiger partial charge in [0.15, 0.2) is 0 Å². The van der Waals surface area contributed by atoms with Crippen molar-refractivity contribution in [1.29, 1.82) is 0 Å². The second kappa shape index (κ2) is 10.5. The Morgan fingerprint density at radius 3 is 1.16 bits per heavy atom. The molecule has 0 spiro atoms. The second-order valence-corrected chi connectivity index (χ2v) is 4.98. The molecule has 19 heavy (non-hydrogen) atoms. The molecule has 1 unspecified atom stereocenters. The number of nitrogen functional groups attached to an aromatic ring is 2. The summed E-state index contributed by atoms with van der Waals surface area (Å²) in [6, 6.07) is 15.6. The van der Waals surface area contributed by atoms with Gasteiger partial charge in [0.1, 0.15) is 0 Å². The van der Waals surface area contributed by atoms with E-state index in [1.54, 1.807) is 0 Å². The molecule has 5 heteroatoms. The smallest absolute Gasteiger partial charge is 0.0314 e. The monoisotopic (exact) mass is 293 g/mol. The molecule has 0 aliphatic rings. The van der Waals surface area contributed by atoms with E-state index < -0.39 is 0 Å². The van der Waals surface area contributed by atoms with Crippen molar-refractivity contribution in [2.75, 3.05) is 11.5 Å². The van der Waals surface area contributed by atoms with E-state index in [4.69, 9.17) is 11.5 Å². The molecule has 4 N–H and O–H groups in total. The van der Waals surface area contributed by atoms with Gasteiger partial charge in [-0.25, -0.2) is 0 Å². The first-order chi connectivity index (χ1) is 8.99. The van der Waals surface area contributed by atoms with Gasteiger partial charge in [0.05, 0.1) is 0 Å². The van der Waals surface area contributed by atoms with Crippen molar-refractivity contribution in [3.8, 4) is 0 Å². The third-order valence-electron chi connectivity index (χ3n) is 2.15. The predicted molar refractivity (Wildman–Crippen MR) is 91.6 cm³/mol. The minimum atomic E-state index is 0.829. The fourth-order valence-corrected chi connectivity index (χ4v) is 1.13. The fourth-order valence-electron chi connectivity index (χ4n) is 1.13. The minimum Gasteiger partial charge on any atom is -0.399 e. The Balaban J connectivity index is 0.000000284. The van der Waals surface area contributed by atoms with Crippen LogP contribution in [-0.2, 0) is 0 Å². The molecule has 0 heterocycles. The fraction of sp³-hybridized carbons (Fsp3) is 0.143. The molecule has 3 nitrogen and oxygen atoms in total. The van der Waals surface area contributed by atoms with E-state index in [-0.39, 0.29) is 0 Å². The zero-order valence-corrected chi connectivity index (χ0v) is 13.5. The number of benzene rings is 2. The Labute approximate surface area is 120 Å². The third kappa shape index (κ3) is 10.2. The van der Waals surface area contributed by atoms with Gasteiger partial charge in [-0.3, -0.25) is 4.52 Å². The molecular formula is C14H21N3P2. The van der Waals surface area contributed by atoms with Gasteiger partial charge < -0.3 is 11.5 Å². The van der Waals surface area contributed by atoms with Gasteiger partial charge in [-0.05, 0) is 56.5 Å².